The molecule has 5 heteroatoms. The van der Waals surface area contributed by atoms with Gasteiger partial charge in [0.15, 0.2) is 0 Å². The Hall–Kier alpha value is -2.82. The summed E-state index contributed by atoms with van der Waals surface area (Å²) in [5.74, 6) is -2.02. The van der Waals surface area contributed by atoms with Gasteiger partial charge in [-0.3, -0.25) is 4.79 Å². The quantitative estimate of drug-likeness (QED) is 0.835. The molecule has 136 valence electrons. The van der Waals surface area contributed by atoms with Gasteiger partial charge < -0.3 is 15.7 Å². The first-order valence-electron chi connectivity index (χ1n) is 8.95. The van der Waals surface area contributed by atoms with Crippen LogP contribution in [0.15, 0.2) is 48.5 Å². The number of carbonyl (C=O) groups is 2. The standard InChI is InChI=1S/C21H24N2O3/c1-14(17-6-2-3-7-18(17)23-12-4-5-13-23)19(20(22)24)15-8-10-16(11-9-15)21(25)26/h2-3,6-11,14,19H,4-5,12-13H2,1H3,(H2,22,24)(H,25,26). The van der Waals surface area contributed by atoms with Crippen molar-refractivity contribution < 1.29 is 14.7 Å². The van der Waals surface area contributed by atoms with Crippen LogP contribution >= 0.6 is 0 Å². The summed E-state index contributed by atoms with van der Waals surface area (Å²) in [7, 11) is 0. The van der Waals surface area contributed by atoms with E-state index in [-0.39, 0.29) is 11.5 Å². The number of carboxylic acids is 1. The molecule has 1 aliphatic rings. The summed E-state index contributed by atoms with van der Waals surface area (Å²) in [6.45, 7) is 4.06. The summed E-state index contributed by atoms with van der Waals surface area (Å²) in [6.07, 6.45) is 2.36. The molecule has 2 aromatic carbocycles. The van der Waals surface area contributed by atoms with Crippen LogP contribution in [-0.2, 0) is 4.79 Å². The zero-order chi connectivity index (χ0) is 18.7. The van der Waals surface area contributed by atoms with Crippen LogP contribution in [0, 0.1) is 0 Å². The second-order valence-corrected chi connectivity index (χ2v) is 6.85. The van der Waals surface area contributed by atoms with Crippen LogP contribution in [0.25, 0.3) is 0 Å². The lowest BCUT2D eigenvalue weighted by Crippen LogP contribution is -2.27. The number of anilines is 1. The van der Waals surface area contributed by atoms with Crippen molar-refractivity contribution >= 4 is 17.6 Å². The van der Waals surface area contributed by atoms with E-state index in [1.165, 1.54) is 25.0 Å². The summed E-state index contributed by atoms with van der Waals surface area (Å²) >= 11 is 0. The fourth-order valence-electron chi connectivity index (χ4n) is 3.83. The predicted octanol–water partition coefficient (Wildman–Crippen LogP) is 3.36. The topological polar surface area (TPSA) is 83.6 Å². The van der Waals surface area contributed by atoms with Gasteiger partial charge in [0.2, 0.25) is 5.91 Å². The number of rotatable bonds is 6. The van der Waals surface area contributed by atoms with Gasteiger partial charge in [0.25, 0.3) is 0 Å². The molecule has 0 spiro atoms. The molecule has 1 saturated heterocycles. The number of carboxylic acid groups (broad SMARTS) is 1. The van der Waals surface area contributed by atoms with E-state index in [2.05, 4.69) is 17.0 Å². The molecule has 0 aromatic heterocycles. The summed E-state index contributed by atoms with van der Waals surface area (Å²) in [6, 6.07) is 14.6. The van der Waals surface area contributed by atoms with E-state index in [0.29, 0.717) is 0 Å². The lowest BCUT2D eigenvalue weighted by atomic mass is 9.81. The fourth-order valence-corrected chi connectivity index (χ4v) is 3.83. The minimum Gasteiger partial charge on any atom is -0.478 e. The van der Waals surface area contributed by atoms with Gasteiger partial charge >= 0.3 is 5.97 Å². The Morgan fingerprint density at radius 2 is 1.65 bits per heavy atom. The molecule has 1 amide bonds. The first-order chi connectivity index (χ1) is 12.5. The van der Waals surface area contributed by atoms with E-state index in [1.807, 2.05) is 19.1 Å². The van der Waals surface area contributed by atoms with E-state index in [4.69, 9.17) is 10.8 Å². The Kier molecular flexibility index (Phi) is 5.26. The normalized spacial score (nSPS) is 16.3. The van der Waals surface area contributed by atoms with Gasteiger partial charge in [-0.05, 0) is 48.1 Å². The number of nitrogens with zero attached hydrogens (tertiary/aromatic N) is 1. The Morgan fingerprint density at radius 3 is 2.23 bits per heavy atom. The van der Waals surface area contributed by atoms with Gasteiger partial charge in [-0.15, -0.1) is 0 Å². The largest absolute Gasteiger partial charge is 0.478 e. The van der Waals surface area contributed by atoms with Crippen molar-refractivity contribution in [2.24, 2.45) is 5.73 Å². The number of benzene rings is 2. The SMILES string of the molecule is CC(c1ccccc1N1CCCC1)C(C(N)=O)c1ccc(C(=O)O)cc1. The highest BCUT2D eigenvalue weighted by atomic mass is 16.4. The van der Waals surface area contributed by atoms with E-state index >= 15 is 0 Å². The molecule has 0 bridgehead atoms. The molecule has 0 saturated carbocycles. The van der Waals surface area contributed by atoms with Gasteiger partial charge in [0, 0.05) is 18.8 Å². The average Bonchev–Trinajstić information content (AvgIpc) is 3.16. The third-order valence-corrected chi connectivity index (χ3v) is 5.20. The molecule has 0 aliphatic carbocycles. The maximum Gasteiger partial charge on any atom is 0.335 e. The molecule has 1 heterocycles. The summed E-state index contributed by atoms with van der Waals surface area (Å²) in [4.78, 5) is 25.7. The number of carbonyl (C=O) groups excluding carboxylic acids is 1. The van der Waals surface area contributed by atoms with Crippen molar-refractivity contribution in [1.29, 1.82) is 0 Å². The van der Waals surface area contributed by atoms with Gasteiger partial charge in [-0.25, -0.2) is 4.79 Å². The van der Waals surface area contributed by atoms with Crippen molar-refractivity contribution in [1.82, 2.24) is 0 Å². The predicted molar refractivity (Wildman–Crippen MR) is 102 cm³/mol. The number of para-hydroxylation sites is 1. The minimum atomic E-state index is -0.986. The number of hydrogen-bond donors (Lipinski definition) is 2. The highest BCUT2D eigenvalue weighted by Crippen LogP contribution is 2.38. The number of aromatic carboxylic acids is 1. The average molecular weight is 352 g/mol. The van der Waals surface area contributed by atoms with Crippen LogP contribution in [-0.4, -0.2) is 30.1 Å². The molecule has 5 nitrogen and oxygen atoms in total. The molecule has 3 rings (SSSR count). The number of amides is 1. The van der Waals surface area contributed by atoms with Crippen LogP contribution in [0.3, 0.4) is 0 Å². The Morgan fingerprint density at radius 1 is 1.04 bits per heavy atom. The summed E-state index contributed by atoms with van der Waals surface area (Å²) in [5.41, 5.74) is 8.93. The molecule has 0 radical (unpaired) electrons. The van der Waals surface area contributed by atoms with E-state index in [9.17, 15) is 9.59 Å². The zero-order valence-corrected chi connectivity index (χ0v) is 14.9. The van der Waals surface area contributed by atoms with E-state index in [0.717, 1.165) is 29.9 Å². The third kappa shape index (κ3) is 3.57. The van der Waals surface area contributed by atoms with E-state index in [1.54, 1.807) is 12.1 Å². The lowest BCUT2D eigenvalue weighted by molar-refractivity contribution is -0.119. The second-order valence-electron chi connectivity index (χ2n) is 6.85. The van der Waals surface area contributed by atoms with Crippen LogP contribution < -0.4 is 10.6 Å². The minimum absolute atomic E-state index is 0.111. The molecule has 2 aromatic rings. The Labute approximate surface area is 153 Å². The smallest absolute Gasteiger partial charge is 0.335 e. The first kappa shape index (κ1) is 18.0. The second kappa shape index (κ2) is 7.60. The molecular weight excluding hydrogens is 328 g/mol. The number of hydrogen-bond acceptors (Lipinski definition) is 3. The zero-order valence-electron chi connectivity index (χ0n) is 14.9. The molecule has 2 unspecified atom stereocenters. The van der Waals surface area contributed by atoms with Crippen molar-refractivity contribution in [2.75, 3.05) is 18.0 Å². The fraction of sp³-hybridized carbons (Fsp3) is 0.333. The molecule has 2 atom stereocenters. The molecule has 1 fully saturated rings. The first-order valence-corrected chi connectivity index (χ1v) is 8.95. The van der Waals surface area contributed by atoms with Crippen molar-refractivity contribution in [3.8, 4) is 0 Å². The van der Waals surface area contributed by atoms with Crippen molar-refractivity contribution in [3.05, 3.63) is 65.2 Å². The van der Waals surface area contributed by atoms with Crippen LogP contribution in [0.1, 0.15) is 53.1 Å². The Balaban J connectivity index is 1.96. The van der Waals surface area contributed by atoms with Crippen molar-refractivity contribution in [3.63, 3.8) is 0 Å². The van der Waals surface area contributed by atoms with Gasteiger partial charge in [-0.1, -0.05) is 37.3 Å². The molecule has 1 aliphatic heterocycles. The van der Waals surface area contributed by atoms with Gasteiger partial charge in [0.1, 0.15) is 0 Å². The summed E-state index contributed by atoms with van der Waals surface area (Å²) in [5, 5.41) is 9.07. The number of nitrogens with two attached hydrogens (primary N) is 1. The third-order valence-electron chi connectivity index (χ3n) is 5.20. The van der Waals surface area contributed by atoms with Gasteiger partial charge in [0.05, 0.1) is 11.5 Å². The van der Waals surface area contributed by atoms with Crippen LogP contribution in [0.4, 0.5) is 5.69 Å². The lowest BCUT2D eigenvalue weighted by Gasteiger charge is -2.28. The van der Waals surface area contributed by atoms with Crippen molar-refractivity contribution in [2.45, 2.75) is 31.6 Å². The molecule has 26 heavy (non-hydrogen) atoms. The number of primary amides is 1. The van der Waals surface area contributed by atoms with Crippen LogP contribution in [0.2, 0.25) is 0 Å². The summed E-state index contributed by atoms with van der Waals surface area (Å²) < 4.78 is 0. The van der Waals surface area contributed by atoms with E-state index < -0.39 is 17.8 Å². The monoisotopic (exact) mass is 352 g/mol. The van der Waals surface area contributed by atoms with Gasteiger partial charge in [-0.2, -0.15) is 0 Å². The maximum absolute atomic E-state index is 12.3. The highest BCUT2D eigenvalue weighted by molar-refractivity contribution is 5.88. The highest BCUT2D eigenvalue weighted by Gasteiger charge is 2.29. The maximum atomic E-state index is 12.3. The molecular formula is C21H24N2O3. The van der Waals surface area contributed by atoms with Crippen LogP contribution in [0.5, 0.6) is 0 Å². The Bertz CT molecular complexity index is 795. The molecule has 3 N–H and O–H groups in total.